The van der Waals surface area contributed by atoms with Crippen molar-refractivity contribution in [3.05, 3.63) is 57.0 Å². The zero-order valence-corrected chi connectivity index (χ0v) is 14.7. The number of pyridine rings is 1. The van der Waals surface area contributed by atoms with Crippen molar-refractivity contribution in [1.29, 1.82) is 5.26 Å². The van der Waals surface area contributed by atoms with Gasteiger partial charge in [0.2, 0.25) is 5.91 Å². The van der Waals surface area contributed by atoms with Gasteiger partial charge in [-0.15, -0.1) is 11.8 Å². The second-order valence-corrected chi connectivity index (χ2v) is 6.33. The number of carbonyl (C=O) groups excluding carboxylic acids is 1. The van der Waals surface area contributed by atoms with Crippen molar-refractivity contribution in [3.63, 3.8) is 0 Å². The maximum Gasteiger partial charge on any atom is 0.266 e. The Labute approximate surface area is 145 Å². The molecule has 1 aromatic heterocycles. The molecule has 6 heteroatoms. The van der Waals surface area contributed by atoms with Crippen molar-refractivity contribution in [2.24, 2.45) is 0 Å². The summed E-state index contributed by atoms with van der Waals surface area (Å²) >= 11 is 1.64. The molecule has 0 aliphatic carbocycles. The summed E-state index contributed by atoms with van der Waals surface area (Å²) in [5.41, 5.74) is 2.69. The first-order valence-corrected chi connectivity index (χ1v) is 8.75. The van der Waals surface area contributed by atoms with Crippen LogP contribution in [0.5, 0.6) is 0 Å². The lowest BCUT2D eigenvalue weighted by atomic mass is 9.99. The molecule has 0 radical (unpaired) electrons. The van der Waals surface area contributed by atoms with Gasteiger partial charge in [0, 0.05) is 22.7 Å². The van der Waals surface area contributed by atoms with Crippen LogP contribution in [0.15, 0.2) is 34.0 Å². The monoisotopic (exact) mass is 341 g/mol. The van der Waals surface area contributed by atoms with E-state index in [1.165, 1.54) is 0 Å². The first-order chi connectivity index (χ1) is 11.5. The predicted molar refractivity (Wildman–Crippen MR) is 96.4 cm³/mol. The van der Waals surface area contributed by atoms with Gasteiger partial charge in [0.1, 0.15) is 11.6 Å². The molecule has 2 N–H and O–H groups in total. The number of benzene rings is 1. The molecule has 0 saturated carbocycles. The quantitative estimate of drug-likeness (QED) is 0.818. The molecule has 1 heterocycles. The van der Waals surface area contributed by atoms with E-state index in [2.05, 4.69) is 10.3 Å². The third-order valence-corrected chi connectivity index (χ3v) is 4.64. The van der Waals surface area contributed by atoms with Crippen LogP contribution in [0.2, 0.25) is 0 Å². The summed E-state index contributed by atoms with van der Waals surface area (Å²) in [7, 11) is 0. The molecule has 0 bridgehead atoms. The molecule has 0 fully saturated rings. The number of hydrogen-bond acceptors (Lipinski definition) is 4. The van der Waals surface area contributed by atoms with Gasteiger partial charge in [-0.3, -0.25) is 9.59 Å². The van der Waals surface area contributed by atoms with E-state index in [-0.39, 0.29) is 23.5 Å². The number of aromatic nitrogens is 1. The fourth-order valence-corrected chi connectivity index (χ4v) is 2.96. The molecule has 2 rings (SSSR count). The van der Waals surface area contributed by atoms with Gasteiger partial charge in [-0.25, -0.2) is 0 Å². The zero-order valence-electron chi connectivity index (χ0n) is 13.9. The van der Waals surface area contributed by atoms with Crippen LogP contribution in [-0.2, 0) is 11.2 Å². The highest BCUT2D eigenvalue weighted by Crippen LogP contribution is 2.18. The summed E-state index contributed by atoms with van der Waals surface area (Å²) in [5, 5.41) is 11.9. The molecule has 2 aromatic rings. The average molecular weight is 341 g/mol. The highest BCUT2D eigenvalue weighted by molar-refractivity contribution is 7.98. The largest absolute Gasteiger partial charge is 0.326 e. The number of rotatable bonds is 5. The molecular weight excluding hydrogens is 322 g/mol. The molecule has 0 spiro atoms. The Morgan fingerprint density at radius 2 is 1.96 bits per heavy atom. The molecule has 5 nitrogen and oxygen atoms in total. The minimum atomic E-state index is -0.380. The summed E-state index contributed by atoms with van der Waals surface area (Å²) in [6.45, 7) is 3.53. The number of nitrogens with zero attached hydrogens (tertiary/aromatic N) is 1. The third-order valence-electron chi connectivity index (χ3n) is 3.90. The van der Waals surface area contributed by atoms with Crippen molar-refractivity contribution in [1.82, 2.24) is 4.98 Å². The molecule has 24 heavy (non-hydrogen) atoms. The number of aryl methyl sites for hydroxylation is 1. The van der Waals surface area contributed by atoms with Gasteiger partial charge in [-0.05, 0) is 61.9 Å². The topological polar surface area (TPSA) is 85.8 Å². The fraction of sp³-hybridized carbons (Fsp3) is 0.278. The lowest BCUT2D eigenvalue weighted by molar-refractivity contribution is -0.116. The standard InChI is InChI=1S/C18H19N3O2S/c1-11-15(12(2)20-18(23)16(11)10-19)8-9-17(22)21-13-4-6-14(24-3)7-5-13/h4-7H,8-9H2,1-3H3,(H,20,23)(H,21,22). The SMILES string of the molecule is CSc1ccc(NC(=O)CCc2c(C)[nH]c(=O)c(C#N)c2C)cc1. The van der Waals surface area contributed by atoms with Crippen LogP contribution in [-0.4, -0.2) is 17.1 Å². The first kappa shape index (κ1) is 17.8. The molecule has 124 valence electrons. The Hall–Kier alpha value is -2.52. The van der Waals surface area contributed by atoms with E-state index in [0.717, 1.165) is 16.1 Å². The average Bonchev–Trinajstić information content (AvgIpc) is 2.55. The molecule has 0 unspecified atom stereocenters. The zero-order chi connectivity index (χ0) is 17.7. The van der Waals surface area contributed by atoms with Crippen LogP contribution in [0.1, 0.15) is 28.8 Å². The Kier molecular flexibility index (Phi) is 5.83. The summed E-state index contributed by atoms with van der Waals surface area (Å²) < 4.78 is 0. The van der Waals surface area contributed by atoms with Crippen molar-refractivity contribution < 1.29 is 4.79 Å². The van der Waals surface area contributed by atoms with E-state index in [4.69, 9.17) is 5.26 Å². The number of amides is 1. The number of H-pyrrole nitrogens is 1. The summed E-state index contributed by atoms with van der Waals surface area (Å²) in [6, 6.07) is 9.57. The number of anilines is 1. The van der Waals surface area contributed by atoms with Crippen LogP contribution in [0.3, 0.4) is 0 Å². The van der Waals surface area contributed by atoms with Gasteiger partial charge in [-0.1, -0.05) is 0 Å². The second-order valence-electron chi connectivity index (χ2n) is 5.45. The molecule has 0 aliphatic heterocycles. The Morgan fingerprint density at radius 3 is 2.54 bits per heavy atom. The van der Waals surface area contributed by atoms with Gasteiger partial charge in [-0.2, -0.15) is 5.26 Å². The van der Waals surface area contributed by atoms with Crippen LogP contribution in [0, 0.1) is 25.2 Å². The Bertz CT molecular complexity index is 848. The summed E-state index contributed by atoms with van der Waals surface area (Å²) in [6.07, 6.45) is 2.75. The molecule has 1 aromatic carbocycles. The number of nitriles is 1. The Morgan fingerprint density at radius 1 is 1.29 bits per heavy atom. The first-order valence-electron chi connectivity index (χ1n) is 7.52. The predicted octanol–water partition coefficient (Wildman–Crippen LogP) is 3.16. The third kappa shape index (κ3) is 4.06. The van der Waals surface area contributed by atoms with Crippen molar-refractivity contribution in [2.75, 3.05) is 11.6 Å². The minimum absolute atomic E-state index is 0.101. The van der Waals surface area contributed by atoms with Crippen LogP contribution < -0.4 is 10.9 Å². The maximum atomic E-state index is 12.1. The molecule has 1 amide bonds. The lowest BCUT2D eigenvalue weighted by Crippen LogP contribution is -2.18. The number of hydrogen-bond donors (Lipinski definition) is 2. The van der Waals surface area contributed by atoms with E-state index in [1.807, 2.05) is 36.6 Å². The lowest BCUT2D eigenvalue weighted by Gasteiger charge is -2.11. The van der Waals surface area contributed by atoms with Crippen molar-refractivity contribution in [3.8, 4) is 6.07 Å². The smallest absolute Gasteiger partial charge is 0.266 e. The molecular formula is C18H19N3O2S. The molecule has 0 saturated heterocycles. The Balaban J connectivity index is 2.06. The number of nitrogens with one attached hydrogen (secondary N) is 2. The number of thioether (sulfide) groups is 1. The van der Waals surface area contributed by atoms with Crippen LogP contribution in [0.4, 0.5) is 5.69 Å². The van der Waals surface area contributed by atoms with Gasteiger partial charge < -0.3 is 10.3 Å². The summed E-state index contributed by atoms with van der Waals surface area (Å²) in [4.78, 5) is 27.7. The van der Waals surface area contributed by atoms with E-state index in [1.54, 1.807) is 25.6 Å². The maximum absolute atomic E-state index is 12.1. The fourth-order valence-electron chi connectivity index (χ4n) is 2.56. The molecule has 0 aliphatic rings. The van der Waals surface area contributed by atoms with E-state index in [0.29, 0.717) is 17.7 Å². The number of carbonyl (C=O) groups is 1. The highest BCUT2D eigenvalue weighted by atomic mass is 32.2. The molecule has 0 atom stereocenters. The normalized spacial score (nSPS) is 10.2. The van der Waals surface area contributed by atoms with E-state index in [9.17, 15) is 9.59 Å². The number of aromatic amines is 1. The van der Waals surface area contributed by atoms with Crippen LogP contribution >= 0.6 is 11.8 Å². The van der Waals surface area contributed by atoms with Crippen LogP contribution in [0.25, 0.3) is 0 Å². The van der Waals surface area contributed by atoms with Crippen molar-refractivity contribution >= 4 is 23.4 Å². The minimum Gasteiger partial charge on any atom is -0.326 e. The second kappa shape index (κ2) is 7.84. The van der Waals surface area contributed by atoms with E-state index >= 15 is 0 Å². The van der Waals surface area contributed by atoms with E-state index < -0.39 is 0 Å². The van der Waals surface area contributed by atoms with Gasteiger partial charge in [0.05, 0.1) is 0 Å². The van der Waals surface area contributed by atoms with Crippen molar-refractivity contribution in [2.45, 2.75) is 31.6 Å². The van der Waals surface area contributed by atoms with Gasteiger partial charge >= 0.3 is 0 Å². The van der Waals surface area contributed by atoms with Gasteiger partial charge in [0.25, 0.3) is 5.56 Å². The highest BCUT2D eigenvalue weighted by Gasteiger charge is 2.13. The summed E-state index contributed by atoms with van der Waals surface area (Å²) in [5.74, 6) is -0.101. The van der Waals surface area contributed by atoms with Gasteiger partial charge in [0.15, 0.2) is 0 Å².